The fourth-order valence-electron chi connectivity index (χ4n) is 1.89. The summed E-state index contributed by atoms with van der Waals surface area (Å²) < 4.78 is 1.17. The summed E-state index contributed by atoms with van der Waals surface area (Å²) in [6.07, 6.45) is 0. The molecule has 0 aliphatic carbocycles. The molecule has 1 heterocycles. The van der Waals surface area contributed by atoms with Crippen molar-refractivity contribution in [2.45, 2.75) is 0 Å². The second-order valence-electron chi connectivity index (χ2n) is 4.25. The van der Waals surface area contributed by atoms with Crippen molar-refractivity contribution in [1.82, 2.24) is 4.98 Å². The lowest BCUT2D eigenvalue weighted by molar-refractivity contribution is -0.113. The van der Waals surface area contributed by atoms with Crippen molar-refractivity contribution < 1.29 is 4.79 Å². The normalized spacial score (nSPS) is 10.1. The molecule has 0 saturated carbocycles. The van der Waals surface area contributed by atoms with Gasteiger partial charge in [-0.3, -0.25) is 4.79 Å². The Balaban J connectivity index is 0.00000161. The minimum Gasteiger partial charge on any atom is -0.325 e. The van der Waals surface area contributed by atoms with E-state index in [1.54, 1.807) is 11.3 Å². The Kier molecular flexibility index (Phi) is 5.17. The van der Waals surface area contributed by atoms with E-state index in [9.17, 15) is 4.79 Å². The first-order chi connectivity index (χ1) is 9.76. The third-order valence-corrected chi connectivity index (χ3v) is 4.16. The SMILES string of the molecule is Cl.O=C(CCl)Nc1ccc(-c2nc3ccccc3s2)cc1. The highest BCUT2D eigenvalue weighted by Gasteiger charge is 2.06. The maximum atomic E-state index is 11.2. The topological polar surface area (TPSA) is 42.0 Å². The summed E-state index contributed by atoms with van der Waals surface area (Å²) in [7, 11) is 0. The first kappa shape index (κ1) is 15.8. The molecule has 21 heavy (non-hydrogen) atoms. The van der Waals surface area contributed by atoms with Crippen molar-refractivity contribution >= 4 is 57.2 Å². The molecule has 3 rings (SSSR count). The van der Waals surface area contributed by atoms with E-state index in [1.807, 2.05) is 42.5 Å². The van der Waals surface area contributed by atoms with E-state index >= 15 is 0 Å². The largest absolute Gasteiger partial charge is 0.325 e. The molecule has 0 aliphatic rings. The van der Waals surface area contributed by atoms with Crippen molar-refractivity contribution in [3.05, 3.63) is 48.5 Å². The quantitative estimate of drug-likeness (QED) is 0.711. The molecule has 2 aromatic carbocycles. The predicted octanol–water partition coefficient (Wildman–Crippen LogP) is 4.56. The maximum Gasteiger partial charge on any atom is 0.239 e. The number of alkyl halides is 1. The molecule has 0 bridgehead atoms. The highest BCUT2D eigenvalue weighted by Crippen LogP contribution is 2.30. The lowest BCUT2D eigenvalue weighted by atomic mass is 10.2. The number of hydrogen-bond acceptors (Lipinski definition) is 3. The smallest absolute Gasteiger partial charge is 0.239 e. The highest BCUT2D eigenvalue weighted by molar-refractivity contribution is 7.21. The number of nitrogens with zero attached hydrogens (tertiary/aromatic N) is 1. The van der Waals surface area contributed by atoms with Gasteiger partial charge in [0.25, 0.3) is 0 Å². The van der Waals surface area contributed by atoms with E-state index in [1.165, 1.54) is 4.70 Å². The molecule has 1 aromatic heterocycles. The van der Waals surface area contributed by atoms with Crippen molar-refractivity contribution in [2.24, 2.45) is 0 Å². The number of rotatable bonds is 3. The van der Waals surface area contributed by atoms with Crippen LogP contribution >= 0.6 is 35.3 Å². The lowest BCUT2D eigenvalue weighted by Crippen LogP contribution is -2.12. The number of aromatic nitrogens is 1. The third kappa shape index (κ3) is 3.53. The van der Waals surface area contributed by atoms with E-state index < -0.39 is 0 Å². The van der Waals surface area contributed by atoms with Crippen LogP contribution in [0.4, 0.5) is 5.69 Å². The molecule has 108 valence electrons. The molecular formula is C15H12Cl2N2OS. The van der Waals surface area contributed by atoms with Crippen molar-refractivity contribution in [3.63, 3.8) is 0 Å². The fraction of sp³-hybridized carbons (Fsp3) is 0.0667. The summed E-state index contributed by atoms with van der Waals surface area (Å²) in [5.41, 5.74) is 2.78. The predicted molar refractivity (Wildman–Crippen MR) is 91.7 cm³/mol. The zero-order valence-corrected chi connectivity index (χ0v) is 13.3. The number of fused-ring (bicyclic) bond motifs is 1. The molecule has 1 N–H and O–H groups in total. The van der Waals surface area contributed by atoms with Gasteiger partial charge in [0.05, 0.1) is 10.2 Å². The monoisotopic (exact) mass is 338 g/mol. The highest BCUT2D eigenvalue weighted by atomic mass is 35.5. The maximum absolute atomic E-state index is 11.2. The van der Waals surface area contributed by atoms with Gasteiger partial charge < -0.3 is 5.32 Å². The van der Waals surface area contributed by atoms with Crippen molar-refractivity contribution in [2.75, 3.05) is 11.2 Å². The number of para-hydroxylation sites is 1. The first-order valence-electron chi connectivity index (χ1n) is 6.08. The van der Waals surface area contributed by atoms with Crippen LogP contribution in [0.2, 0.25) is 0 Å². The lowest BCUT2D eigenvalue weighted by Gasteiger charge is -2.03. The van der Waals surface area contributed by atoms with Gasteiger partial charge in [0, 0.05) is 11.3 Å². The van der Waals surface area contributed by atoms with Gasteiger partial charge in [0.2, 0.25) is 5.91 Å². The van der Waals surface area contributed by atoms with Crippen molar-refractivity contribution in [1.29, 1.82) is 0 Å². The summed E-state index contributed by atoms with van der Waals surface area (Å²) in [6, 6.07) is 15.7. The van der Waals surface area contributed by atoms with Crippen LogP contribution in [-0.4, -0.2) is 16.8 Å². The molecule has 0 atom stereocenters. The Morgan fingerprint density at radius 3 is 2.52 bits per heavy atom. The van der Waals surface area contributed by atoms with Gasteiger partial charge in [-0.1, -0.05) is 12.1 Å². The van der Waals surface area contributed by atoms with Crippen molar-refractivity contribution in [3.8, 4) is 10.6 Å². The number of benzene rings is 2. The fourth-order valence-corrected chi connectivity index (χ4v) is 2.92. The number of nitrogens with one attached hydrogen (secondary N) is 1. The van der Waals surface area contributed by atoms with Gasteiger partial charge in [-0.15, -0.1) is 35.3 Å². The number of thiazole rings is 1. The third-order valence-electron chi connectivity index (χ3n) is 2.83. The standard InChI is InChI=1S/C15H11ClN2OS.ClH/c16-9-14(19)17-11-7-5-10(6-8-11)15-18-12-3-1-2-4-13(12)20-15;/h1-8H,9H2,(H,17,19);1H. The average Bonchev–Trinajstić information content (AvgIpc) is 2.91. The van der Waals surface area contributed by atoms with Gasteiger partial charge in [0.1, 0.15) is 10.9 Å². The Morgan fingerprint density at radius 2 is 1.86 bits per heavy atom. The van der Waals surface area contributed by atoms with E-state index in [2.05, 4.69) is 16.4 Å². The number of anilines is 1. The molecular weight excluding hydrogens is 327 g/mol. The van der Waals surface area contributed by atoms with Crippen LogP contribution in [0.1, 0.15) is 0 Å². The summed E-state index contributed by atoms with van der Waals surface area (Å²) >= 11 is 7.11. The van der Waals surface area contributed by atoms with Crippen LogP contribution in [-0.2, 0) is 4.79 Å². The van der Waals surface area contributed by atoms with Gasteiger partial charge in [-0.05, 0) is 36.4 Å². The molecule has 0 fully saturated rings. The molecule has 0 radical (unpaired) electrons. The van der Waals surface area contributed by atoms with Crippen LogP contribution < -0.4 is 5.32 Å². The molecule has 0 spiro atoms. The molecule has 0 aliphatic heterocycles. The van der Waals surface area contributed by atoms with Crippen LogP contribution in [0, 0.1) is 0 Å². The minimum absolute atomic E-state index is 0. The van der Waals surface area contributed by atoms with Gasteiger partial charge in [0.15, 0.2) is 0 Å². The Hall–Kier alpha value is -1.62. The molecule has 0 saturated heterocycles. The van der Waals surface area contributed by atoms with Crippen LogP contribution in [0.5, 0.6) is 0 Å². The Morgan fingerprint density at radius 1 is 1.14 bits per heavy atom. The number of carbonyl (C=O) groups is 1. The van der Waals surface area contributed by atoms with Gasteiger partial charge >= 0.3 is 0 Å². The Bertz CT molecular complexity index is 723. The van der Waals surface area contributed by atoms with E-state index in [0.29, 0.717) is 0 Å². The second-order valence-corrected chi connectivity index (χ2v) is 5.54. The molecule has 0 unspecified atom stereocenters. The average molecular weight is 339 g/mol. The number of hydrogen-bond donors (Lipinski definition) is 1. The zero-order valence-electron chi connectivity index (χ0n) is 10.9. The molecule has 6 heteroatoms. The van der Waals surface area contributed by atoms with Crippen LogP contribution in [0.3, 0.4) is 0 Å². The first-order valence-corrected chi connectivity index (χ1v) is 7.43. The summed E-state index contributed by atoms with van der Waals surface area (Å²) in [5, 5.41) is 3.68. The summed E-state index contributed by atoms with van der Waals surface area (Å²) in [5.74, 6) is -0.251. The van der Waals surface area contributed by atoms with E-state index in [0.717, 1.165) is 21.8 Å². The number of amides is 1. The van der Waals surface area contributed by atoms with Gasteiger partial charge in [-0.25, -0.2) is 4.98 Å². The summed E-state index contributed by atoms with van der Waals surface area (Å²) in [6.45, 7) is 0. The Labute approximate surface area is 137 Å². The van der Waals surface area contributed by atoms with E-state index in [4.69, 9.17) is 11.6 Å². The molecule has 3 nitrogen and oxygen atoms in total. The van der Waals surface area contributed by atoms with Gasteiger partial charge in [-0.2, -0.15) is 0 Å². The number of carbonyl (C=O) groups excluding carboxylic acids is 1. The number of halogens is 2. The minimum atomic E-state index is -0.209. The second kappa shape index (κ2) is 6.89. The molecule has 3 aromatic rings. The molecule has 1 amide bonds. The zero-order chi connectivity index (χ0) is 13.9. The van der Waals surface area contributed by atoms with E-state index in [-0.39, 0.29) is 24.2 Å². The van der Waals surface area contributed by atoms with Crippen LogP contribution in [0.15, 0.2) is 48.5 Å². The van der Waals surface area contributed by atoms with Crippen LogP contribution in [0.25, 0.3) is 20.8 Å². The summed E-state index contributed by atoms with van der Waals surface area (Å²) in [4.78, 5) is 15.8.